The Morgan fingerprint density at radius 3 is 2.76 bits per heavy atom. The molecule has 1 aliphatic rings. The first-order valence-corrected chi connectivity index (χ1v) is 7.45. The first kappa shape index (κ1) is 15.6. The van der Waals surface area contributed by atoms with Gasteiger partial charge in [0.1, 0.15) is 6.54 Å². The number of carbonyl (C=O) groups excluding carboxylic acids is 2. The van der Waals surface area contributed by atoms with Gasteiger partial charge in [0.2, 0.25) is 0 Å². The molecule has 0 aliphatic carbocycles. The van der Waals surface area contributed by atoms with Gasteiger partial charge in [0.25, 0.3) is 0 Å². The lowest BCUT2D eigenvalue weighted by Crippen LogP contribution is -2.41. The fraction of sp³-hybridized carbons (Fsp3) is 0.467. The van der Waals surface area contributed by atoms with Gasteiger partial charge in [-0.05, 0) is 37.5 Å². The Hall–Kier alpha value is -1.75. The molecule has 0 spiro atoms. The molecule has 2 amide bonds. The van der Waals surface area contributed by atoms with E-state index in [-0.39, 0.29) is 18.6 Å². The summed E-state index contributed by atoms with van der Waals surface area (Å²) in [6, 6.07) is 7.31. The molecule has 1 heterocycles. The van der Waals surface area contributed by atoms with Crippen molar-refractivity contribution in [1.82, 2.24) is 10.2 Å². The fourth-order valence-electron chi connectivity index (χ4n) is 2.50. The summed E-state index contributed by atoms with van der Waals surface area (Å²) in [5.74, 6) is -0.423. The van der Waals surface area contributed by atoms with Gasteiger partial charge >= 0.3 is 12.0 Å². The van der Waals surface area contributed by atoms with E-state index in [9.17, 15) is 9.59 Å². The summed E-state index contributed by atoms with van der Waals surface area (Å²) >= 11 is 5.89. The Morgan fingerprint density at radius 1 is 1.38 bits per heavy atom. The van der Waals surface area contributed by atoms with E-state index in [2.05, 4.69) is 5.32 Å². The second-order valence-corrected chi connectivity index (χ2v) is 5.30. The van der Waals surface area contributed by atoms with Crippen LogP contribution >= 0.6 is 11.6 Å². The van der Waals surface area contributed by atoms with Gasteiger partial charge in [-0.15, -0.1) is 0 Å². The molecule has 0 radical (unpaired) electrons. The number of rotatable bonds is 4. The lowest BCUT2D eigenvalue weighted by molar-refractivity contribution is -0.141. The molecule has 114 valence electrons. The maximum atomic E-state index is 12.2. The summed E-state index contributed by atoms with van der Waals surface area (Å²) in [5.41, 5.74) is 1.06. The van der Waals surface area contributed by atoms with E-state index in [1.807, 2.05) is 24.3 Å². The van der Waals surface area contributed by atoms with E-state index < -0.39 is 5.97 Å². The van der Waals surface area contributed by atoms with Crippen LogP contribution in [0.2, 0.25) is 5.02 Å². The van der Waals surface area contributed by atoms with Gasteiger partial charge in [-0.3, -0.25) is 4.79 Å². The largest absolute Gasteiger partial charge is 0.465 e. The number of nitrogens with one attached hydrogen (secondary N) is 1. The van der Waals surface area contributed by atoms with E-state index in [4.69, 9.17) is 16.3 Å². The summed E-state index contributed by atoms with van der Waals surface area (Å²) in [6.07, 6.45) is 1.86. The Labute approximate surface area is 129 Å². The zero-order valence-corrected chi connectivity index (χ0v) is 12.7. The van der Waals surface area contributed by atoms with Crippen LogP contribution in [0.4, 0.5) is 4.79 Å². The third-order valence-corrected chi connectivity index (χ3v) is 3.71. The first-order valence-electron chi connectivity index (χ1n) is 7.07. The summed E-state index contributed by atoms with van der Waals surface area (Å²) in [7, 11) is 0. The molecule has 21 heavy (non-hydrogen) atoms. The van der Waals surface area contributed by atoms with Crippen LogP contribution < -0.4 is 5.32 Å². The highest BCUT2D eigenvalue weighted by Gasteiger charge is 2.30. The SMILES string of the molecule is CCOC(=O)CNC(=O)N1CCC[C@@H]1c1ccc(Cl)cc1. The second kappa shape index (κ2) is 7.31. The molecule has 6 heteroatoms. The van der Waals surface area contributed by atoms with Crippen LogP contribution in [-0.2, 0) is 9.53 Å². The average molecular weight is 311 g/mol. The van der Waals surface area contributed by atoms with Crippen molar-refractivity contribution in [2.45, 2.75) is 25.8 Å². The number of halogens is 1. The number of carbonyl (C=O) groups is 2. The zero-order chi connectivity index (χ0) is 15.2. The van der Waals surface area contributed by atoms with Crippen molar-refractivity contribution in [1.29, 1.82) is 0 Å². The minimum Gasteiger partial charge on any atom is -0.465 e. The maximum absolute atomic E-state index is 12.2. The number of hydrogen-bond acceptors (Lipinski definition) is 3. The van der Waals surface area contributed by atoms with Gasteiger partial charge in [0.15, 0.2) is 0 Å². The van der Waals surface area contributed by atoms with Gasteiger partial charge in [0, 0.05) is 11.6 Å². The van der Waals surface area contributed by atoms with Gasteiger partial charge < -0.3 is 15.0 Å². The highest BCUT2D eigenvalue weighted by Crippen LogP contribution is 2.32. The van der Waals surface area contributed by atoms with Crippen molar-refractivity contribution in [3.8, 4) is 0 Å². The molecule has 1 aliphatic heterocycles. The third-order valence-electron chi connectivity index (χ3n) is 3.46. The smallest absolute Gasteiger partial charge is 0.325 e. The molecular formula is C15H19ClN2O3. The molecule has 1 fully saturated rings. The molecule has 1 N–H and O–H groups in total. The highest BCUT2D eigenvalue weighted by atomic mass is 35.5. The van der Waals surface area contributed by atoms with E-state index in [1.54, 1.807) is 11.8 Å². The molecule has 0 aromatic heterocycles. The number of nitrogens with zero attached hydrogens (tertiary/aromatic N) is 1. The molecule has 5 nitrogen and oxygen atoms in total. The van der Waals surface area contributed by atoms with Crippen molar-refractivity contribution < 1.29 is 14.3 Å². The van der Waals surface area contributed by atoms with Gasteiger partial charge in [-0.25, -0.2) is 4.79 Å². The predicted octanol–water partition coefficient (Wildman–Crippen LogP) is 2.75. The van der Waals surface area contributed by atoms with Crippen LogP contribution in [0, 0.1) is 0 Å². The summed E-state index contributed by atoms with van der Waals surface area (Å²) < 4.78 is 4.79. The van der Waals surface area contributed by atoms with Crippen LogP contribution in [0.25, 0.3) is 0 Å². The predicted molar refractivity (Wildman–Crippen MR) is 80.2 cm³/mol. The quantitative estimate of drug-likeness (QED) is 0.870. The normalized spacial score (nSPS) is 17.6. The van der Waals surface area contributed by atoms with E-state index in [0.29, 0.717) is 18.2 Å². The van der Waals surface area contributed by atoms with Crippen molar-refractivity contribution in [3.05, 3.63) is 34.9 Å². The van der Waals surface area contributed by atoms with Crippen LogP contribution in [-0.4, -0.2) is 36.6 Å². The zero-order valence-electron chi connectivity index (χ0n) is 12.0. The first-order chi connectivity index (χ1) is 10.1. The van der Waals surface area contributed by atoms with Gasteiger partial charge in [0.05, 0.1) is 12.6 Å². The van der Waals surface area contributed by atoms with Crippen LogP contribution in [0.1, 0.15) is 31.4 Å². The Balaban J connectivity index is 1.96. The minimum absolute atomic E-state index is 0.0319. The summed E-state index contributed by atoms with van der Waals surface area (Å²) in [6.45, 7) is 2.63. The molecule has 1 atom stereocenters. The topological polar surface area (TPSA) is 58.6 Å². The van der Waals surface area contributed by atoms with Gasteiger partial charge in [-0.1, -0.05) is 23.7 Å². The van der Waals surface area contributed by atoms with Crippen LogP contribution in [0.5, 0.6) is 0 Å². The summed E-state index contributed by atoms with van der Waals surface area (Å²) in [4.78, 5) is 25.2. The Morgan fingerprint density at radius 2 is 2.10 bits per heavy atom. The maximum Gasteiger partial charge on any atom is 0.325 e. The highest BCUT2D eigenvalue weighted by molar-refractivity contribution is 6.30. The molecule has 0 saturated carbocycles. The van der Waals surface area contributed by atoms with E-state index in [1.165, 1.54) is 0 Å². The number of hydrogen-bond donors (Lipinski definition) is 1. The number of amides is 2. The van der Waals surface area contributed by atoms with Crippen LogP contribution in [0.15, 0.2) is 24.3 Å². The minimum atomic E-state index is -0.423. The Kier molecular flexibility index (Phi) is 5.44. The third kappa shape index (κ3) is 4.11. The number of urea groups is 1. The number of ether oxygens (including phenoxy) is 1. The standard InChI is InChI=1S/C15H19ClN2O3/c1-2-21-14(19)10-17-15(20)18-9-3-4-13(18)11-5-7-12(16)8-6-11/h5-8,13H,2-4,9-10H2,1H3,(H,17,20)/t13-/m1/s1. The van der Waals surface area contributed by atoms with Crippen molar-refractivity contribution >= 4 is 23.6 Å². The average Bonchev–Trinajstić information content (AvgIpc) is 2.95. The van der Waals surface area contributed by atoms with Crippen molar-refractivity contribution in [3.63, 3.8) is 0 Å². The number of likely N-dealkylation sites (tertiary alicyclic amines) is 1. The molecule has 0 bridgehead atoms. The number of esters is 1. The van der Waals surface area contributed by atoms with E-state index in [0.717, 1.165) is 18.4 Å². The molecule has 1 aromatic rings. The van der Waals surface area contributed by atoms with Crippen LogP contribution in [0.3, 0.4) is 0 Å². The number of benzene rings is 1. The van der Waals surface area contributed by atoms with E-state index >= 15 is 0 Å². The second-order valence-electron chi connectivity index (χ2n) is 4.87. The lowest BCUT2D eigenvalue weighted by Gasteiger charge is -2.25. The molecule has 1 saturated heterocycles. The molecular weight excluding hydrogens is 292 g/mol. The van der Waals surface area contributed by atoms with Crippen molar-refractivity contribution in [2.24, 2.45) is 0 Å². The molecule has 0 unspecified atom stereocenters. The molecule has 2 rings (SSSR count). The van der Waals surface area contributed by atoms with Crippen molar-refractivity contribution in [2.75, 3.05) is 19.7 Å². The van der Waals surface area contributed by atoms with Gasteiger partial charge in [-0.2, -0.15) is 0 Å². The fourth-order valence-corrected chi connectivity index (χ4v) is 2.63. The Bertz CT molecular complexity index is 504. The summed E-state index contributed by atoms with van der Waals surface area (Å²) in [5, 5.41) is 3.28. The monoisotopic (exact) mass is 310 g/mol. The lowest BCUT2D eigenvalue weighted by atomic mass is 10.1. The molecule has 1 aromatic carbocycles.